The van der Waals surface area contributed by atoms with E-state index in [2.05, 4.69) is 6.07 Å². The van der Waals surface area contributed by atoms with Crippen LogP contribution in [0.25, 0.3) is 0 Å². The summed E-state index contributed by atoms with van der Waals surface area (Å²) in [5.74, 6) is 0. The van der Waals surface area contributed by atoms with Crippen LogP contribution in [0.2, 0.25) is 0 Å². The molecule has 26 heavy (non-hydrogen) atoms. The molecule has 0 aliphatic carbocycles. The van der Waals surface area contributed by atoms with E-state index in [0.29, 0.717) is 13.1 Å². The first-order valence-electron chi connectivity index (χ1n) is 9.31. The molecule has 0 saturated heterocycles. The third-order valence-electron chi connectivity index (χ3n) is 3.65. The van der Waals surface area contributed by atoms with Crippen molar-refractivity contribution in [2.75, 3.05) is 31.2 Å². The predicted octanol–water partition coefficient (Wildman–Crippen LogP) is 3.15. The predicted molar refractivity (Wildman–Crippen MR) is 107 cm³/mol. The van der Waals surface area contributed by atoms with Crippen molar-refractivity contribution in [3.05, 3.63) is 29.8 Å². The van der Waals surface area contributed by atoms with Crippen LogP contribution in [0.3, 0.4) is 0 Å². The standard InChI is InChI=1S/C21H37NO4/c1-16-9-8-10-17(11-16)22(12-18(23)14-25-20(2,3)4)13-19(24)15-26-21(5,6)7/h8-11,18-19,23-24H,12-15H2,1-7H3. The van der Waals surface area contributed by atoms with Crippen molar-refractivity contribution in [2.45, 2.75) is 71.9 Å². The van der Waals surface area contributed by atoms with Crippen LogP contribution in [-0.4, -0.2) is 59.9 Å². The zero-order valence-electron chi connectivity index (χ0n) is 17.5. The summed E-state index contributed by atoms with van der Waals surface area (Å²) >= 11 is 0. The van der Waals surface area contributed by atoms with Crippen molar-refractivity contribution in [1.29, 1.82) is 0 Å². The molecule has 0 spiro atoms. The maximum atomic E-state index is 10.4. The molecule has 0 amide bonds. The second-order valence-corrected chi connectivity index (χ2v) is 8.90. The van der Waals surface area contributed by atoms with Crippen LogP contribution < -0.4 is 4.90 Å². The maximum Gasteiger partial charge on any atom is 0.0948 e. The Labute approximate surface area is 158 Å². The smallest absolute Gasteiger partial charge is 0.0948 e. The van der Waals surface area contributed by atoms with E-state index >= 15 is 0 Å². The molecule has 2 N–H and O–H groups in total. The largest absolute Gasteiger partial charge is 0.389 e. The van der Waals surface area contributed by atoms with Gasteiger partial charge in [0.1, 0.15) is 0 Å². The zero-order chi connectivity index (χ0) is 20.0. The highest BCUT2D eigenvalue weighted by atomic mass is 16.5. The highest BCUT2D eigenvalue weighted by Gasteiger charge is 2.20. The lowest BCUT2D eigenvalue weighted by atomic mass is 10.1. The number of aliphatic hydroxyl groups is 2. The summed E-state index contributed by atoms with van der Waals surface area (Å²) in [6.45, 7) is 15.1. The molecule has 0 saturated carbocycles. The van der Waals surface area contributed by atoms with Gasteiger partial charge in [-0.1, -0.05) is 12.1 Å². The van der Waals surface area contributed by atoms with Gasteiger partial charge in [-0.25, -0.2) is 0 Å². The van der Waals surface area contributed by atoms with Gasteiger partial charge in [0.05, 0.1) is 36.6 Å². The molecule has 0 radical (unpaired) electrons. The molecule has 2 unspecified atom stereocenters. The topological polar surface area (TPSA) is 62.2 Å². The summed E-state index contributed by atoms with van der Waals surface area (Å²) in [5, 5.41) is 20.8. The molecule has 0 aliphatic heterocycles. The van der Waals surface area contributed by atoms with Crippen LogP contribution in [0.5, 0.6) is 0 Å². The Bertz CT molecular complexity index is 508. The number of rotatable bonds is 9. The Morgan fingerprint density at radius 2 is 1.35 bits per heavy atom. The lowest BCUT2D eigenvalue weighted by Crippen LogP contribution is -2.42. The Morgan fingerprint density at radius 1 is 0.885 bits per heavy atom. The molecule has 0 aromatic heterocycles. The molecular formula is C21H37NO4. The van der Waals surface area contributed by atoms with Gasteiger partial charge in [0, 0.05) is 18.8 Å². The molecule has 0 fully saturated rings. The molecule has 0 aliphatic rings. The molecular weight excluding hydrogens is 330 g/mol. The molecule has 2 atom stereocenters. The average Bonchev–Trinajstić information content (AvgIpc) is 2.49. The van der Waals surface area contributed by atoms with Gasteiger partial charge in [-0.15, -0.1) is 0 Å². The first kappa shape index (κ1) is 22.9. The van der Waals surface area contributed by atoms with Gasteiger partial charge in [-0.05, 0) is 66.2 Å². The Hall–Kier alpha value is -1.14. The van der Waals surface area contributed by atoms with E-state index in [4.69, 9.17) is 9.47 Å². The molecule has 1 aromatic carbocycles. The molecule has 5 nitrogen and oxygen atoms in total. The van der Waals surface area contributed by atoms with E-state index in [1.165, 1.54) is 0 Å². The minimum Gasteiger partial charge on any atom is -0.389 e. The van der Waals surface area contributed by atoms with Gasteiger partial charge in [-0.3, -0.25) is 0 Å². The number of hydrogen-bond donors (Lipinski definition) is 2. The number of anilines is 1. The summed E-state index contributed by atoms with van der Waals surface area (Å²) in [4.78, 5) is 1.99. The Morgan fingerprint density at radius 3 is 1.73 bits per heavy atom. The van der Waals surface area contributed by atoms with Crippen molar-refractivity contribution in [1.82, 2.24) is 0 Å². The summed E-state index contributed by atoms with van der Waals surface area (Å²) < 4.78 is 11.4. The quantitative estimate of drug-likeness (QED) is 0.702. The number of benzene rings is 1. The van der Waals surface area contributed by atoms with E-state index in [0.717, 1.165) is 11.3 Å². The fourth-order valence-corrected chi connectivity index (χ4v) is 2.42. The van der Waals surface area contributed by atoms with Gasteiger partial charge >= 0.3 is 0 Å². The third-order valence-corrected chi connectivity index (χ3v) is 3.65. The number of aliphatic hydroxyl groups excluding tert-OH is 2. The maximum absolute atomic E-state index is 10.4. The molecule has 150 valence electrons. The van der Waals surface area contributed by atoms with Gasteiger partial charge in [0.15, 0.2) is 0 Å². The highest BCUT2D eigenvalue weighted by molar-refractivity contribution is 5.48. The van der Waals surface area contributed by atoms with Crippen molar-refractivity contribution in [3.8, 4) is 0 Å². The van der Waals surface area contributed by atoms with Crippen molar-refractivity contribution in [2.24, 2.45) is 0 Å². The minimum absolute atomic E-state index is 0.250. The number of aryl methyl sites for hydroxylation is 1. The Kier molecular flexibility index (Phi) is 8.54. The van der Waals surface area contributed by atoms with E-state index in [1.807, 2.05) is 71.6 Å². The van der Waals surface area contributed by atoms with Crippen LogP contribution in [0.1, 0.15) is 47.1 Å². The molecule has 0 bridgehead atoms. The third kappa shape index (κ3) is 10.1. The number of ether oxygens (including phenoxy) is 2. The van der Waals surface area contributed by atoms with Crippen LogP contribution in [0, 0.1) is 6.92 Å². The molecule has 5 heteroatoms. The lowest BCUT2D eigenvalue weighted by molar-refractivity contribution is -0.0515. The van der Waals surface area contributed by atoms with Crippen LogP contribution in [0.4, 0.5) is 5.69 Å². The SMILES string of the molecule is Cc1cccc(N(CC(O)COC(C)(C)C)CC(O)COC(C)(C)C)c1. The van der Waals surface area contributed by atoms with E-state index in [1.54, 1.807) is 0 Å². The van der Waals surface area contributed by atoms with Crippen molar-refractivity contribution < 1.29 is 19.7 Å². The summed E-state index contributed by atoms with van der Waals surface area (Å²) in [6, 6.07) is 8.05. The first-order valence-corrected chi connectivity index (χ1v) is 9.31. The number of hydrogen-bond acceptors (Lipinski definition) is 5. The van der Waals surface area contributed by atoms with Gasteiger partial charge in [-0.2, -0.15) is 0 Å². The van der Waals surface area contributed by atoms with E-state index in [9.17, 15) is 10.2 Å². The summed E-state index contributed by atoms with van der Waals surface area (Å²) in [7, 11) is 0. The van der Waals surface area contributed by atoms with Gasteiger partial charge < -0.3 is 24.6 Å². The summed E-state index contributed by atoms with van der Waals surface area (Å²) in [5.41, 5.74) is 1.51. The van der Waals surface area contributed by atoms with Crippen LogP contribution in [0.15, 0.2) is 24.3 Å². The molecule has 0 heterocycles. The first-order chi connectivity index (χ1) is 11.9. The van der Waals surface area contributed by atoms with Gasteiger partial charge in [0.2, 0.25) is 0 Å². The lowest BCUT2D eigenvalue weighted by Gasteiger charge is -2.31. The Balaban J connectivity index is 2.76. The fourth-order valence-electron chi connectivity index (χ4n) is 2.42. The second-order valence-electron chi connectivity index (χ2n) is 8.90. The summed E-state index contributed by atoms with van der Waals surface area (Å²) in [6.07, 6.45) is -1.30. The van der Waals surface area contributed by atoms with E-state index < -0.39 is 12.2 Å². The van der Waals surface area contributed by atoms with Crippen LogP contribution >= 0.6 is 0 Å². The molecule has 1 aromatic rings. The average molecular weight is 368 g/mol. The van der Waals surface area contributed by atoms with E-state index in [-0.39, 0.29) is 24.4 Å². The van der Waals surface area contributed by atoms with Crippen molar-refractivity contribution >= 4 is 5.69 Å². The van der Waals surface area contributed by atoms with Crippen LogP contribution in [-0.2, 0) is 9.47 Å². The number of nitrogens with zero attached hydrogens (tertiary/aromatic N) is 1. The highest BCUT2D eigenvalue weighted by Crippen LogP contribution is 2.18. The second kappa shape index (κ2) is 9.70. The normalized spacial score (nSPS) is 15.0. The zero-order valence-corrected chi connectivity index (χ0v) is 17.5. The fraction of sp³-hybridized carbons (Fsp3) is 0.714. The monoisotopic (exact) mass is 367 g/mol. The molecule has 1 rings (SSSR count). The minimum atomic E-state index is -0.648. The van der Waals surface area contributed by atoms with Gasteiger partial charge in [0.25, 0.3) is 0 Å². The van der Waals surface area contributed by atoms with Crippen molar-refractivity contribution in [3.63, 3.8) is 0 Å².